The molecule has 6 heteroatoms. The number of hydrogen-bond donors (Lipinski definition) is 2. The van der Waals surface area contributed by atoms with E-state index in [1.54, 1.807) is 72.8 Å². The van der Waals surface area contributed by atoms with Gasteiger partial charge in [-0.15, -0.1) is 0 Å². The minimum atomic E-state index is -1.08. The average molecular weight is 407 g/mol. The highest BCUT2D eigenvalue weighted by atomic mass is 16.3. The molecule has 0 saturated heterocycles. The van der Waals surface area contributed by atoms with Crippen LogP contribution in [-0.2, 0) is 4.79 Å². The first kappa shape index (κ1) is 19.8. The maximum Gasteiger partial charge on any atom is 0.268 e. The molecule has 0 bridgehead atoms. The van der Waals surface area contributed by atoms with Crippen molar-refractivity contribution in [2.45, 2.75) is 0 Å². The molecular formula is C25H17N3O3. The van der Waals surface area contributed by atoms with Gasteiger partial charge < -0.3 is 10.4 Å². The molecule has 2 N–H and O–H groups in total. The number of anilines is 1. The number of nitriles is 1. The molecule has 0 radical (unpaired) electrons. The topological polar surface area (TPSA) is 103 Å². The Morgan fingerprint density at radius 3 is 2.32 bits per heavy atom. The number of carbonyl (C=O) groups excluding carboxylic acids is 2. The van der Waals surface area contributed by atoms with Crippen molar-refractivity contribution in [2.24, 2.45) is 10.9 Å². The zero-order chi connectivity index (χ0) is 21.8. The Labute approximate surface area is 178 Å². The summed E-state index contributed by atoms with van der Waals surface area (Å²) in [4.78, 5) is 28.8. The lowest BCUT2D eigenvalue weighted by Gasteiger charge is -2.18. The van der Waals surface area contributed by atoms with Crippen molar-refractivity contribution in [2.75, 3.05) is 5.32 Å². The lowest BCUT2D eigenvalue weighted by molar-refractivity contribution is -0.118. The van der Waals surface area contributed by atoms with Crippen LogP contribution in [0, 0.1) is 17.2 Å². The first-order valence-electron chi connectivity index (χ1n) is 9.56. The van der Waals surface area contributed by atoms with Crippen molar-refractivity contribution in [1.82, 2.24) is 0 Å². The fraction of sp³-hybridized carbons (Fsp3) is 0.0400. The summed E-state index contributed by atoms with van der Waals surface area (Å²) in [6.07, 6.45) is 1.64. The van der Waals surface area contributed by atoms with E-state index in [2.05, 4.69) is 10.3 Å². The molecule has 0 spiro atoms. The molecule has 3 aromatic rings. The van der Waals surface area contributed by atoms with Crippen LogP contribution >= 0.6 is 0 Å². The van der Waals surface area contributed by atoms with E-state index in [9.17, 15) is 20.0 Å². The lowest BCUT2D eigenvalue weighted by atomic mass is 9.88. The van der Waals surface area contributed by atoms with E-state index in [4.69, 9.17) is 0 Å². The number of amides is 2. The number of phenols is 1. The van der Waals surface area contributed by atoms with E-state index >= 15 is 0 Å². The highest BCUT2D eigenvalue weighted by Crippen LogP contribution is 2.33. The van der Waals surface area contributed by atoms with E-state index in [0.29, 0.717) is 33.7 Å². The Balaban J connectivity index is 1.62. The molecule has 0 fully saturated rings. The maximum atomic E-state index is 12.5. The summed E-state index contributed by atoms with van der Waals surface area (Å²) in [5.74, 6) is -1.90. The van der Waals surface area contributed by atoms with E-state index in [0.717, 1.165) is 0 Å². The first-order valence-corrected chi connectivity index (χ1v) is 9.56. The molecule has 1 aliphatic rings. The third-order valence-corrected chi connectivity index (χ3v) is 4.90. The number of aliphatic imine (C=N–C) groups is 1. The van der Waals surface area contributed by atoms with Gasteiger partial charge in [-0.1, -0.05) is 48.5 Å². The van der Waals surface area contributed by atoms with Crippen LogP contribution in [0.25, 0.3) is 5.57 Å². The SMILES string of the molecule is N#CC1C(=O)N=C(c2ccc(NC(=O)c3ccccc3)cc2)C=C1c1ccccc1O. The molecule has 1 aliphatic heterocycles. The summed E-state index contributed by atoms with van der Waals surface area (Å²) < 4.78 is 0. The molecule has 150 valence electrons. The number of rotatable bonds is 4. The van der Waals surface area contributed by atoms with Crippen molar-refractivity contribution < 1.29 is 14.7 Å². The largest absolute Gasteiger partial charge is 0.507 e. The maximum absolute atomic E-state index is 12.5. The van der Waals surface area contributed by atoms with Crippen LogP contribution in [-0.4, -0.2) is 22.6 Å². The monoisotopic (exact) mass is 407 g/mol. The van der Waals surface area contributed by atoms with Gasteiger partial charge in [0.05, 0.1) is 11.8 Å². The van der Waals surface area contributed by atoms with Crippen LogP contribution < -0.4 is 5.32 Å². The molecule has 4 rings (SSSR count). The summed E-state index contributed by atoms with van der Waals surface area (Å²) in [6.45, 7) is 0. The molecule has 31 heavy (non-hydrogen) atoms. The van der Waals surface area contributed by atoms with Gasteiger partial charge in [0.25, 0.3) is 11.8 Å². The van der Waals surface area contributed by atoms with Gasteiger partial charge >= 0.3 is 0 Å². The van der Waals surface area contributed by atoms with Crippen LogP contribution in [0.3, 0.4) is 0 Å². The van der Waals surface area contributed by atoms with E-state index in [-0.39, 0.29) is 11.7 Å². The number of hydrogen-bond acceptors (Lipinski definition) is 4. The van der Waals surface area contributed by atoms with Crippen molar-refractivity contribution in [3.05, 3.63) is 102 Å². The van der Waals surface area contributed by atoms with Crippen LogP contribution in [0.2, 0.25) is 0 Å². The van der Waals surface area contributed by atoms with Crippen molar-refractivity contribution >= 4 is 28.8 Å². The van der Waals surface area contributed by atoms with Crippen molar-refractivity contribution in [3.63, 3.8) is 0 Å². The second kappa shape index (κ2) is 8.47. The number of nitrogens with one attached hydrogen (secondary N) is 1. The zero-order valence-corrected chi connectivity index (χ0v) is 16.3. The number of dihydropyridines is 1. The standard InChI is InChI=1S/C25H17N3O3/c26-15-21-20(19-8-4-5-9-23(19)29)14-22(28-25(21)31)16-10-12-18(13-11-16)27-24(30)17-6-2-1-3-7-17/h1-14,21,29H,(H,27,30). The van der Waals surface area contributed by atoms with Gasteiger partial charge in [0, 0.05) is 22.4 Å². The molecule has 0 aromatic heterocycles. The Kier molecular flexibility index (Phi) is 5.41. The number of carbonyl (C=O) groups is 2. The van der Waals surface area contributed by atoms with Gasteiger partial charge in [0.2, 0.25) is 0 Å². The summed E-state index contributed by atoms with van der Waals surface area (Å²) in [7, 11) is 0. The molecule has 3 aromatic carbocycles. The lowest BCUT2D eigenvalue weighted by Crippen LogP contribution is -2.20. The van der Waals surface area contributed by atoms with Crippen LogP contribution in [0.4, 0.5) is 5.69 Å². The summed E-state index contributed by atoms with van der Waals surface area (Å²) >= 11 is 0. The quantitative estimate of drug-likeness (QED) is 0.677. The molecule has 0 aliphatic carbocycles. The molecule has 1 heterocycles. The number of phenolic OH excluding ortho intramolecular Hbond substituents is 1. The third-order valence-electron chi connectivity index (χ3n) is 4.90. The second-order valence-corrected chi connectivity index (χ2v) is 6.91. The Morgan fingerprint density at radius 2 is 1.65 bits per heavy atom. The van der Waals surface area contributed by atoms with E-state index < -0.39 is 11.8 Å². The van der Waals surface area contributed by atoms with Gasteiger partial charge in [0.15, 0.2) is 5.92 Å². The summed E-state index contributed by atoms with van der Waals surface area (Å²) in [5.41, 5.74) is 3.00. The first-order chi connectivity index (χ1) is 15.1. The molecule has 6 nitrogen and oxygen atoms in total. The highest BCUT2D eigenvalue weighted by molar-refractivity contribution is 6.21. The van der Waals surface area contributed by atoms with E-state index in [1.165, 1.54) is 6.07 Å². The molecule has 1 atom stereocenters. The van der Waals surface area contributed by atoms with Crippen molar-refractivity contribution in [1.29, 1.82) is 5.26 Å². The highest BCUT2D eigenvalue weighted by Gasteiger charge is 2.29. The van der Waals surface area contributed by atoms with Gasteiger partial charge in [-0.2, -0.15) is 5.26 Å². The fourth-order valence-electron chi connectivity index (χ4n) is 3.32. The minimum absolute atomic E-state index is 0.0120. The number of aromatic hydroxyl groups is 1. The predicted molar refractivity (Wildman–Crippen MR) is 118 cm³/mol. The van der Waals surface area contributed by atoms with Crippen molar-refractivity contribution in [3.8, 4) is 11.8 Å². The zero-order valence-electron chi connectivity index (χ0n) is 16.3. The minimum Gasteiger partial charge on any atom is -0.507 e. The fourth-order valence-corrected chi connectivity index (χ4v) is 3.32. The summed E-state index contributed by atoms with van der Waals surface area (Å²) in [5, 5.41) is 22.5. The number of allylic oxidation sites excluding steroid dienone is 1. The van der Waals surface area contributed by atoms with Gasteiger partial charge in [0.1, 0.15) is 5.75 Å². The van der Waals surface area contributed by atoms with Crippen LogP contribution in [0.5, 0.6) is 5.75 Å². The summed E-state index contributed by atoms with van der Waals surface area (Å²) in [6, 6.07) is 24.3. The predicted octanol–water partition coefficient (Wildman–Crippen LogP) is 4.20. The Bertz CT molecular complexity index is 1250. The number of benzene rings is 3. The van der Waals surface area contributed by atoms with E-state index in [1.807, 2.05) is 12.1 Å². The molecule has 1 unspecified atom stereocenters. The third kappa shape index (κ3) is 4.11. The van der Waals surface area contributed by atoms with Crippen LogP contribution in [0.15, 0.2) is 89.9 Å². The average Bonchev–Trinajstić information content (AvgIpc) is 2.80. The normalized spacial score (nSPS) is 15.5. The Hall–Kier alpha value is -4.50. The molecular weight excluding hydrogens is 390 g/mol. The van der Waals surface area contributed by atoms with Gasteiger partial charge in [-0.3, -0.25) is 9.59 Å². The Morgan fingerprint density at radius 1 is 0.968 bits per heavy atom. The van der Waals surface area contributed by atoms with Gasteiger partial charge in [-0.25, -0.2) is 4.99 Å². The molecule has 0 saturated carbocycles. The number of nitrogens with zero attached hydrogens (tertiary/aromatic N) is 2. The smallest absolute Gasteiger partial charge is 0.268 e. The molecule has 2 amide bonds. The van der Waals surface area contributed by atoms with Gasteiger partial charge in [-0.05, 0) is 42.0 Å². The number of para-hydroxylation sites is 1. The second-order valence-electron chi connectivity index (χ2n) is 6.91. The van der Waals surface area contributed by atoms with Crippen LogP contribution in [0.1, 0.15) is 21.5 Å².